The number of aryl methyl sites for hydroxylation is 3. The van der Waals surface area contributed by atoms with Gasteiger partial charge in [-0.2, -0.15) is 4.57 Å². The van der Waals surface area contributed by atoms with Crippen LogP contribution in [0.4, 0.5) is 0 Å². The predicted molar refractivity (Wildman–Crippen MR) is 210 cm³/mol. The lowest BCUT2D eigenvalue weighted by atomic mass is 9.75. The Hall–Kier alpha value is -4.11. The lowest BCUT2D eigenvalue weighted by molar-refractivity contribution is -0.720. The maximum Gasteiger partial charge on any atom is 0.213 e. The van der Waals surface area contributed by atoms with Crippen molar-refractivity contribution in [1.82, 2.24) is 4.90 Å². The number of fused-ring (bicyclic) bond motifs is 9. The summed E-state index contributed by atoms with van der Waals surface area (Å²) in [5.41, 5.74) is 18.3. The molecule has 0 saturated carbocycles. The Bertz CT molecular complexity index is 2220. The molecule has 6 unspecified atom stereocenters. The van der Waals surface area contributed by atoms with E-state index >= 15 is 0 Å². The Morgan fingerprint density at radius 1 is 0.922 bits per heavy atom. The first kappa shape index (κ1) is 32.8. The summed E-state index contributed by atoms with van der Waals surface area (Å²) in [6.45, 7) is 21.1. The topological polar surface area (TPSA) is 20.3 Å². The number of hydrogen-bond donors (Lipinski definition) is 0. The van der Waals surface area contributed by atoms with Gasteiger partial charge in [0.1, 0.15) is 17.4 Å². The van der Waals surface area contributed by atoms with Gasteiger partial charge in [-0.1, -0.05) is 78.0 Å². The predicted octanol–water partition coefficient (Wildman–Crippen LogP) is 12.0. The highest BCUT2D eigenvalue weighted by atomic mass is 16.3. The number of aromatic nitrogens is 1. The summed E-state index contributed by atoms with van der Waals surface area (Å²) >= 11 is 0. The summed E-state index contributed by atoms with van der Waals surface area (Å²) in [7, 11) is 0. The Labute approximate surface area is 305 Å². The third kappa shape index (κ3) is 5.01. The Balaban J connectivity index is 1.22. The van der Waals surface area contributed by atoms with Crippen LogP contribution in [0.1, 0.15) is 130 Å². The molecule has 0 bridgehead atoms. The first-order valence-corrected chi connectivity index (χ1v) is 19.8. The monoisotopic (exact) mass is 675 g/mol. The second kappa shape index (κ2) is 12.0. The molecule has 0 N–H and O–H groups in total. The zero-order chi connectivity index (χ0) is 35.5. The normalized spacial score (nSPS) is 26.4. The molecule has 0 saturated heterocycles. The van der Waals surface area contributed by atoms with Gasteiger partial charge in [0, 0.05) is 29.0 Å². The highest BCUT2D eigenvalue weighted by Crippen LogP contribution is 2.55. The molecule has 51 heavy (non-hydrogen) atoms. The minimum atomic E-state index is 0.219. The fraction of sp³-hybridized carbons (Fsp3) is 0.438. The summed E-state index contributed by atoms with van der Waals surface area (Å²) in [4.78, 5) is 2.75. The molecule has 2 aromatic heterocycles. The minimum Gasteiger partial charge on any atom is -0.456 e. The van der Waals surface area contributed by atoms with Crippen LogP contribution in [-0.4, -0.2) is 4.90 Å². The van der Waals surface area contributed by atoms with Gasteiger partial charge in [0.2, 0.25) is 5.69 Å². The van der Waals surface area contributed by atoms with Gasteiger partial charge < -0.3 is 9.32 Å². The molecule has 5 heterocycles. The van der Waals surface area contributed by atoms with Crippen molar-refractivity contribution in [3.8, 4) is 11.3 Å². The molecule has 3 heteroatoms. The van der Waals surface area contributed by atoms with E-state index in [1.807, 2.05) is 0 Å². The number of pyridine rings is 1. The number of rotatable bonds is 4. The van der Waals surface area contributed by atoms with Crippen molar-refractivity contribution in [2.24, 2.45) is 23.7 Å². The molecule has 2 aliphatic carbocycles. The molecule has 3 nitrogen and oxygen atoms in total. The number of hydrogen-bond acceptors (Lipinski definition) is 2. The lowest BCUT2D eigenvalue weighted by Crippen LogP contribution is -2.51. The molecular formula is C48H55N2O+. The van der Waals surface area contributed by atoms with Crippen molar-refractivity contribution in [3.63, 3.8) is 0 Å². The third-order valence-electron chi connectivity index (χ3n) is 13.6. The van der Waals surface area contributed by atoms with Crippen LogP contribution in [0.25, 0.3) is 28.3 Å². The van der Waals surface area contributed by atoms with E-state index in [0.29, 0.717) is 35.6 Å². The highest BCUT2D eigenvalue weighted by molar-refractivity contribution is 5.88. The maximum atomic E-state index is 6.93. The third-order valence-corrected chi connectivity index (χ3v) is 13.6. The molecular weight excluding hydrogens is 621 g/mol. The Kier molecular flexibility index (Phi) is 7.69. The van der Waals surface area contributed by atoms with E-state index in [1.54, 1.807) is 0 Å². The van der Waals surface area contributed by atoms with Crippen molar-refractivity contribution in [1.29, 1.82) is 0 Å². The smallest absolute Gasteiger partial charge is 0.213 e. The molecule has 2 aromatic carbocycles. The van der Waals surface area contributed by atoms with Crippen LogP contribution in [0.15, 0.2) is 88.2 Å². The van der Waals surface area contributed by atoms with Gasteiger partial charge in [0.15, 0.2) is 12.2 Å². The molecule has 0 spiro atoms. The standard InChI is InChI=1S/C48H55N2O/c1-26(2)33-17-18-49-41(20-33)37-23-38-36-16-15-35(46-30(7)14-13-28(5)32(46)9)22-44(36)51-45(38)24-39(37)48(49)43-21-34-12-10-11-29(6)47(34)42-19-31(8)40(27(3)4)25-50(42)43/h10-14,17-19,22-28,32-33,41,43,48H,15-16,20-21H2,1-9H3/q+1. The number of allylic oxidation sites excluding steroid dienone is 6. The van der Waals surface area contributed by atoms with Gasteiger partial charge in [-0.25, -0.2) is 0 Å². The first-order chi connectivity index (χ1) is 24.5. The Morgan fingerprint density at radius 2 is 1.75 bits per heavy atom. The summed E-state index contributed by atoms with van der Waals surface area (Å²) in [5.74, 6) is 3.83. The van der Waals surface area contributed by atoms with Crippen molar-refractivity contribution >= 4 is 17.0 Å². The van der Waals surface area contributed by atoms with Gasteiger partial charge in [0.25, 0.3) is 0 Å². The quantitative estimate of drug-likeness (QED) is 0.201. The van der Waals surface area contributed by atoms with Gasteiger partial charge >= 0.3 is 0 Å². The van der Waals surface area contributed by atoms with E-state index in [4.69, 9.17) is 4.42 Å². The second-order valence-corrected chi connectivity index (χ2v) is 17.3. The van der Waals surface area contributed by atoms with Crippen molar-refractivity contribution in [2.45, 2.75) is 112 Å². The van der Waals surface area contributed by atoms with Crippen molar-refractivity contribution in [3.05, 3.63) is 128 Å². The summed E-state index contributed by atoms with van der Waals surface area (Å²) < 4.78 is 9.61. The fourth-order valence-electron chi connectivity index (χ4n) is 10.6. The Morgan fingerprint density at radius 3 is 2.53 bits per heavy atom. The van der Waals surface area contributed by atoms with Gasteiger partial charge in [-0.15, -0.1) is 0 Å². The number of nitrogens with zero attached hydrogens (tertiary/aromatic N) is 2. The van der Waals surface area contributed by atoms with Crippen LogP contribution in [-0.2, 0) is 12.8 Å². The van der Waals surface area contributed by atoms with E-state index in [-0.39, 0.29) is 12.1 Å². The van der Waals surface area contributed by atoms with Crippen molar-refractivity contribution < 1.29 is 8.98 Å². The fourth-order valence-corrected chi connectivity index (χ4v) is 10.6. The van der Waals surface area contributed by atoms with E-state index in [9.17, 15) is 0 Å². The van der Waals surface area contributed by atoms with Crippen molar-refractivity contribution in [2.75, 3.05) is 0 Å². The average Bonchev–Trinajstić information content (AvgIpc) is 3.61. The van der Waals surface area contributed by atoms with Gasteiger partial charge in [0.05, 0.1) is 11.6 Å². The maximum absolute atomic E-state index is 6.93. The molecule has 0 radical (unpaired) electrons. The molecule has 9 rings (SSSR count). The zero-order valence-electron chi connectivity index (χ0n) is 32.2. The van der Waals surface area contributed by atoms with Crippen LogP contribution in [0.5, 0.6) is 0 Å². The average molecular weight is 676 g/mol. The summed E-state index contributed by atoms with van der Waals surface area (Å²) in [5, 5.41) is 1.33. The van der Waals surface area contributed by atoms with Crippen LogP contribution in [0.3, 0.4) is 0 Å². The molecule has 0 fully saturated rings. The SMILES string of the molecule is CC1=C(C2=Cc3oc4cc5c(cc4c3CC2)C2CC(C(C)C)C=CN2C5C2Cc3cccc(C)c3-c3cc(C)c(C(C)C)c[n+]32)C(C)C(C)C=C1. The van der Waals surface area contributed by atoms with Crippen LogP contribution >= 0.6 is 0 Å². The molecule has 4 aromatic rings. The minimum absolute atomic E-state index is 0.219. The van der Waals surface area contributed by atoms with Gasteiger partial charge in [-0.3, -0.25) is 0 Å². The zero-order valence-corrected chi connectivity index (χ0v) is 32.2. The first-order valence-electron chi connectivity index (χ1n) is 19.8. The number of furan rings is 1. The lowest BCUT2D eigenvalue weighted by Gasteiger charge is -2.39. The van der Waals surface area contributed by atoms with Crippen LogP contribution in [0, 0.1) is 37.5 Å². The number of benzene rings is 2. The van der Waals surface area contributed by atoms with E-state index in [1.165, 1.54) is 72.3 Å². The van der Waals surface area contributed by atoms with Crippen LogP contribution < -0.4 is 4.57 Å². The molecule has 6 atom stereocenters. The largest absolute Gasteiger partial charge is 0.456 e. The van der Waals surface area contributed by atoms with Crippen LogP contribution in [0.2, 0.25) is 0 Å². The second-order valence-electron chi connectivity index (χ2n) is 17.3. The van der Waals surface area contributed by atoms with Gasteiger partial charge in [-0.05, 0) is 139 Å². The highest BCUT2D eigenvalue weighted by Gasteiger charge is 2.50. The summed E-state index contributed by atoms with van der Waals surface area (Å²) in [6.07, 6.45) is 18.9. The molecule has 5 aliphatic rings. The van der Waals surface area contributed by atoms with E-state index in [0.717, 1.165) is 37.0 Å². The summed E-state index contributed by atoms with van der Waals surface area (Å²) in [6, 6.07) is 15.3. The van der Waals surface area contributed by atoms with E-state index in [2.05, 4.69) is 145 Å². The molecule has 3 aliphatic heterocycles. The van der Waals surface area contributed by atoms with E-state index < -0.39 is 0 Å². The molecule has 0 amide bonds. The molecule has 262 valence electrons.